The van der Waals surface area contributed by atoms with E-state index < -0.39 is 33.7 Å². The molecule has 96 valence electrons. The van der Waals surface area contributed by atoms with Crippen molar-refractivity contribution >= 4 is 29.3 Å². The minimum atomic E-state index is -4.62. The molecule has 8 heteroatoms. The van der Waals surface area contributed by atoms with Gasteiger partial charge in [-0.1, -0.05) is 11.6 Å². The van der Waals surface area contributed by atoms with Crippen LogP contribution in [-0.2, 0) is 4.74 Å². The summed E-state index contributed by atoms with van der Waals surface area (Å²) in [6.45, 7) is 0. The number of thioether (sulfide) groups is 1. The molecule has 0 aliphatic heterocycles. The van der Waals surface area contributed by atoms with Gasteiger partial charge in [0.2, 0.25) is 0 Å². The molecular formula is C10H5ClF3NO2S. The quantitative estimate of drug-likeness (QED) is 0.618. The molecule has 1 aromatic rings. The van der Waals surface area contributed by atoms with Crippen LogP contribution in [0.1, 0.15) is 15.9 Å². The van der Waals surface area contributed by atoms with Crippen molar-refractivity contribution in [3.05, 3.63) is 28.3 Å². The molecule has 0 aliphatic carbocycles. The molecule has 0 unspecified atom stereocenters. The van der Waals surface area contributed by atoms with Gasteiger partial charge >= 0.3 is 11.5 Å². The van der Waals surface area contributed by atoms with Crippen molar-refractivity contribution in [2.75, 3.05) is 7.11 Å². The number of hydrogen-bond donors (Lipinski definition) is 0. The summed E-state index contributed by atoms with van der Waals surface area (Å²) in [7, 11) is 1.01. The summed E-state index contributed by atoms with van der Waals surface area (Å²) in [6.07, 6.45) is 0. The van der Waals surface area contributed by atoms with Crippen LogP contribution in [0, 0.1) is 11.3 Å². The molecule has 0 atom stereocenters. The topological polar surface area (TPSA) is 50.1 Å². The Hall–Kier alpha value is -1.39. The lowest BCUT2D eigenvalue weighted by Crippen LogP contribution is -2.09. The zero-order chi connectivity index (χ0) is 13.9. The lowest BCUT2D eigenvalue weighted by Gasteiger charge is -2.12. The summed E-state index contributed by atoms with van der Waals surface area (Å²) in [5.41, 5.74) is -5.33. The smallest absolute Gasteiger partial charge is 0.446 e. The predicted octanol–water partition coefficient (Wildman–Crippen LogP) is 3.61. The fraction of sp³-hybridized carbons (Fsp3) is 0.200. The standard InChI is InChI=1S/C10H5ClF3NO2S/c1-17-9(16)7-5(4-15)2-3-6(11)8(7)18-10(12,13)14/h2-3H,1H3. The van der Waals surface area contributed by atoms with Crippen LogP contribution in [0.4, 0.5) is 13.2 Å². The highest BCUT2D eigenvalue weighted by Gasteiger charge is 2.34. The maximum Gasteiger partial charge on any atom is 0.446 e. The minimum absolute atomic E-state index is 0.224. The Bertz CT molecular complexity index is 525. The molecule has 0 saturated heterocycles. The van der Waals surface area contributed by atoms with E-state index in [4.69, 9.17) is 16.9 Å². The maximum atomic E-state index is 12.4. The van der Waals surface area contributed by atoms with Crippen molar-refractivity contribution in [2.24, 2.45) is 0 Å². The predicted molar refractivity (Wildman–Crippen MR) is 59.4 cm³/mol. The van der Waals surface area contributed by atoms with E-state index in [0.29, 0.717) is 0 Å². The molecule has 1 aromatic carbocycles. The number of carbonyl (C=O) groups is 1. The Morgan fingerprint density at radius 1 is 1.50 bits per heavy atom. The van der Waals surface area contributed by atoms with Gasteiger partial charge in [0.25, 0.3) is 0 Å². The van der Waals surface area contributed by atoms with Gasteiger partial charge in [0.1, 0.15) is 6.07 Å². The average Bonchev–Trinajstić information content (AvgIpc) is 2.29. The summed E-state index contributed by atoms with van der Waals surface area (Å²) >= 11 is 5.07. The lowest BCUT2D eigenvalue weighted by atomic mass is 10.1. The van der Waals surface area contributed by atoms with Crippen molar-refractivity contribution in [3.63, 3.8) is 0 Å². The first kappa shape index (κ1) is 14.7. The first-order valence-electron chi connectivity index (χ1n) is 4.36. The van der Waals surface area contributed by atoms with Crippen LogP contribution in [-0.4, -0.2) is 18.6 Å². The summed E-state index contributed by atoms with van der Waals surface area (Å²) in [5, 5.41) is 8.52. The Morgan fingerprint density at radius 2 is 2.11 bits per heavy atom. The molecule has 0 fully saturated rings. The number of methoxy groups -OCH3 is 1. The molecule has 0 amide bonds. The van der Waals surface area contributed by atoms with Gasteiger partial charge < -0.3 is 4.74 Å². The van der Waals surface area contributed by atoms with Crippen molar-refractivity contribution < 1.29 is 22.7 Å². The van der Waals surface area contributed by atoms with E-state index in [-0.39, 0.29) is 10.6 Å². The van der Waals surface area contributed by atoms with E-state index >= 15 is 0 Å². The monoisotopic (exact) mass is 295 g/mol. The number of hydrogen-bond acceptors (Lipinski definition) is 4. The minimum Gasteiger partial charge on any atom is -0.465 e. The normalized spacial score (nSPS) is 10.9. The number of nitrogens with zero attached hydrogens (tertiary/aromatic N) is 1. The zero-order valence-corrected chi connectivity index (χ0v) is 10.4. The first-order chi connectivity index (χ1) is 8.30. The number of rotatable bonds is 2. The van der Waals surface area contributed by atoms with E-state index in [1.54, 1.807) is 6.07 Å². The van der Waals surface area contributed by atoms with Gasteiger partial charge in [-0.25, -0.2) is 4.79 Å². The highest BCUT2D eigenvalue weighted by atomic mass is 35.5. The Morgan fingerprint density at radius 3 is 2.56 bits per heavy atom. The lowest BCUT2D eigenvalue weighted by molar-refractivity contribution is -0.0328. The number of esters is 1. The molecule has 3 nitrogen and oxygen atoms in total. The van der Waals surface area contributed by atoms with Crippen LogP contribution in [0.2, 0.25) is 5.02 Å². The van der Waals surface area contributed by atoms with Gasteiger partial charge in [0.15, 0.2) is 0 Å². The molecule has 0 bridgehead atoms. The van der Waals surface area contributed by atoms with Crippen LogP contribution in [0.15, 0.2) is 17.0 Å². The molecule has 0 heterocycles. The third-order valence-corrected chi connectivity index (χ3v) is 3.12. The number of halogens is 4. The van der Waals surface area contributed by atoms with Gasteiger partial charge in [-0.3, -0.25) is 0 Å². The second kappa shape index (κ2) is 5.50. The fourth-order valence-electron chi connectivity index (χ4n) is 1.17. The SMILES string of the molecule is COC(=O)c1c(C#N)ccc(Cl)c1SC(F)(F)F. The molecule has 0 spiro atoms. The molecule has 18 heavy (non-hydrogen) atoms. The average molecular weight is 296 g/mol. The third kappa shape index (κ3) is 3.31. The van der Waals surface area contributed by atoms with Crippen molar-refractivity contribution in [1.82, 2.24) is 0 Å². The molecule has 0 radical (unpaired) electrons. The number of benzene rings is 1. The van der Waals surface area contributed by atoms with Crippen LogP contribution in [0.5, 0.6) is 0 Å². The number of carbonyl (C=O) groups excluding carboxylic acids is 1. The van der Waals surface area contributed by atoms with Gasteiger partial charge in [-0.05, 0) is 23.9 Å². The Labute approximate surface area is 109 Å². The van der Waals surface area contributed by atoms with Gasteiger partial charge in [-0.15, -0.1) is 0 Å². The second-order valence-corrected chi connectivity index (χ2v) is 4.43. The van der Waals surface area contributed by atoms with Gasteiger partial charge in [0.05, 0.1) is 28.2 Å². The summed E-state index contributed by atoms with van der Waals surface area (Å²) in [4.78, 5) is 10.9. The molecular weight excluding hydrogens is 291 g/mol. The molecule has 0 N–H and O–H groups in total. The Balaban J connectivity index is 3.47. The second-order valence-electron chi connectivity index (χ2n) is 2.95. The largest absolute Gasteiger partial charge is 0.465 e. The summed E-state index contributed by atoms with van der Waals surface area (Å²) in [5.74, 6) is -1.04. The number of ether oxygens (including phenoxy) is 1. The zero-order valence-electron chi connectivity index (χ0n) is 8.84. The Kier molecular flexibility index (Phi) is 4.48. The maximum absolute atomic E-state index is 12.4. The van der Waals surface area contributed by atoms with E-state index in [1.165, 1.54) is 0 Å². The van der Waals surface area contributed by atoms with Crippen molar-refractivity contribution in [1.29, 1.82) is 5.26 Å². The van der Waals surface area contributed by atoms with Gasteiger partial charge in [0, 0.05) is 0 Å². The number of alkyl halides is 3. The van der Waals surface area contributed by atoms with E-state index in [2.05, 4.69) is 4.74 Å². The summed E-state index contributed by atoms with van der Waals surface area (Å²) in [6, 6.07) is 3.91. The van der Waals surface area contributed by atoms with Gasteiger partial charge in [-0.2, -0.15) is 18.4 Å². The molecule has 0 aliphatic rings. The fourth-order valence-corrected chi connectivity index (χ4v) is 2.14. The highest BCUT2D eigenvalue weighted by molar-refractivity contribution is 8.00. The van der Waals surface area contributed by atoms with E-state index in [9.17, 15) is 18.0 Å². The molecule has 0 saturated carbocycles. The summed E-state index contributed by atoms with van der Waals surface area (Å²) < 4.78 is 41.5. The van der Waals surface area contributed by atoms with E-state index in [1.807, 2.05) is 0 Å². The van der Waals surface area contributed by atoms with Crippen LogP contribution >= 0.6 is 23.4 Å². The molecule has 0 aromatic heterocycles. The van der Waals surface area contributed by atoms with Crippen molar-refractivity contribution in [2.45, 2.75) is 10.4 Å². The molecule has 1 rings (SSSR count). The first-order valence-corrected chi connectivity index (χ1v) is 5.56. The van der Waals surface area contributed by atoms with Crippen LogP contribution in [0.25, 0.3) is 0 Å². The van der Waals surface area contributed by atoms with E-state index in [0.717, 1.165) is 19.2 Å². The van der Waals surface area contributed by atoms with Crippen molar-refractivity contribution in [3.8, 4) is 6.07 Å². The highest BCUT2D eigenvalue weighted by Crippen LogP contribution is 2.43. The van der Waals surface area contributed by atoms with Crippen LogP contribution < -0.4 is 0 Å². The number of nitriles is 1. The van der Waals surface area contributed by atoms with Crippen LogP contribution in [0.3, 0.4) is 0 Å². The third-order valence-electron chi connectivity index (χ3n) is 1.84.